The first kappa shape index (κ1) is 12.2. The van der Waals surface area contributed by atoms with Crippen LogP contribution in [0.1, 0.15) is 23.5 Å². The van der Waals surface area contributed by atoms with Crippen molar-refractivity contribution in [2.45, 2.75) is 18.4 Å². The van der Waals surface area contributed by atoms with Gasteiger partial charge in [-0.1, -0.05) is 60.7 Å². The third-order valence-electron chi connectivity index (χ3n) is 4.81. The fourth-order valence-electron chi connectivity index (χ4n) is 3.87. The van der Waals surface area contributed by atoms with Crippen molar-refractivity contribution in [3.8, 4) is 0 Å². The highest BCUT2D eigenvalue weighted by Gasteiger charge is 2.42. The zero-order valence-electron chi connectivity index (χ0n) is 11.7. The van der Waals surface area contributed by atoms with Gasteiger partial charge in [-0.15, -0.1) is 0 Å². The van der Waals surface area contributed by atoms with Gasteiger partial charge in [0, 0.05) is 18.5 Å². The minimum atomic E-state index is 0.475. The van der Waals surface area contributed by atoms with Gasteiger partial charge in [0.1, 0.15) is 0 Å². The Hall–Kier alpha value is -1.60. The summed E-state index contributed by atoms with van der Waals surface area (Å²) in [4.78, 5) is 2.66. The Labute approximate surface area is 121 Å². The van der Waals surface area contributed by atoms with E-state index in [4.69, 9.17) is 0 Å². The second-order valence-corrected chi connectivity index (χ2v) is 6.03. The van der Waals surface area contributed by atoms with Crippen LogP contribution in [0.15, 0.2) is 60.7 Å². The van der Waals surface area contributed by atoms with Gasteiger partial charge in [0.25, 0.3) is 0 Å². The van der Waals surface area contributed by atoms with Crippen molar-refractivity contribution in [1.29, 1.82) is 0 Å². The van der Waals surface area contributed by atoms with E-state index >= 15 is 0 Å². The SMILES string of the molecule is [CH]1C2CCN(C2)C1C(c1ccccc1)c1ccccc1. The first-order valence-corrected chi connectivity index (χ1v) is 7.61. The minimum absolute atomic E-state index is 0.475. The second-order valence-electron chi connectivity index (χ2n) is 6.03. The molecule has 2 saturated heterocycles. The fourth-order valence-corrected chi connectivity index (χ4v) is 3.87. The summed E-state index contributed by atoms with van der Waals surface area (Å²) in [5, 5.41) is 0. The molecule has 0 N–H and O–H groups in total. The van der Waals surface area contributed by atoms with Crippen LogP contribution in [0.3, 0.4) is 0 Å². The van der Waals surface area contributed by atoms with Crippen molar-refractivity contribution < 1.29 is 0 Å². The van der Waals surface area contributed by atoms with Crippen molar-refractivity contribution in [3.05, 3.63) is 78.2 Å². The Morgan fingerprint density at radius 2 is 1.45 bits per heavy atom. The molecule has 0 amide bonds. The van der Waals surface area contributed by atoms with Crippen LogP contribution in [0.25, 0.3) is 0 Å². The molecule has 2 aliphatic heterocycles. The minimum Gasteiger partial charge on any atom is -0.299 e. The number of piperidine rings is 1. The monoisotopic (exact) mass is 262 g/mol. The summed E-state index contributed by atoms with van der Waals surface area (Å²) >= 11 is 0. The second kappa shape index (κ2) is 5.06. The van der Waals surface area contributed by atoms with Gasteiger partial charge in [-0.2, -0.15) is 0 Å². The summed E-state index contributed by atoms with van der Waals surface area (Å²) in [5.41, 5.74) is 2.88. The lowest BCUT2D eigenvalue weighted by molar-refractivity contribution is 0.273. The van der Waals surface area contributed by atoms with Gasteiger partial charge >= 0.3 is 0 Å². The number of hydrogen-bond donors (Lipinski definition) is 0. The maximum absolute atomic E-state index is 2.66. The molecule has 1 nitrogen and oxygen atoms in total. The van der Waals surface area contributed by atoms with Gasteiger partial charge in [0.05, 0.1) is 0 Å². The smallest absolute Gasteiger partial charge is 0.0248 e. The Morgan fingerprint density at radius 1 is 0.850 bits per heavy atom. The Balaban J connectivity index is 1.74. The molecular formula is C19H20N. The molecule has 101 valence electrons. The lowest BCUT2D eigenvalue weighted by Crippen LogP contribution is -2.35. The highest BCUT2D eigenvalue weighted by molar-refractivity contribution is 5.36. The molecular weight excluding hydrogens is 242 g/mol. The molecule has 2 bridgehead atoms. The summed E-state index contributed by atoms with van der Waals surface area (Å²) in [6, 6.07) is 22.5. The average Bonchev–Trinajstić information content (AvgIpc) is 3.13. The third-order valence-corrected chi connectivity index (χ3v) is 4.81. The maximum Gasteiger partial charge on any atom is 0.0248 e. The van der Waals surface area contributed by atoms with Crippen molar-refractivity contribution in [2.24, 2.45) is 5.92 Å². The normalized spacial score (nSPS) is 28.1. The standard InChI is InChI=1S/C19H20N/c1-3-7-16(8-4-1)19(17-9-5-2-6-10-17)18-13-15-11-12-20(18)14-15/h1-10,13,15,18-19H,11-12,14H2. The summed E-state index contributed by atoms with van der Waals surface area (Å²) in [7, 11) is 0. The molecule has 4 rings (SSSR count). The highest BCUT2D eigenvalue weighted by Crippen LogP contribution is 2.41. The van der Waals surface area contributed by atoms with Crippen LogP contribution in [-0.2, 0) is 0 Å². The van der Waals surface area contributed by atoms with E-state index in [9.17, 15) is 0 Å². The molecule has 2 fully saturated rings. The molecule has 3 unspecified atom stereocenters. The van der Waals surface area contributed by atoms with E-state index in [1.165, 1.54) is 30.6 Å². The molecule has 0 aromatic heterocycles. The predicted molar refractivity (Wildman–Crippen MR) is 82.5 cm³/mol. The van der Waals surface area contributed by atoms with Gasteiger partial charge in [-0.05, 0) is 36.4 Å². The van der Waals surface area contributed by atoms with E-state index in [1.807, 2.05) is 0 Å². The number of rotatable bonds is 3. The first-order valence-electron chi connectivity index (χ1n) is 7.61. The third kappa shape index (κ3) is 2.06. The van der Waals surface area contributed by atoms with Gasteiger partial charge in [-0.3, -0.25) is 4.90 Å². The van der Waals surface area contributed by atoms with E-state index in [0.717, 1.165) is 5.92 Å². The van der Waals surface area contributed by atoms with Crippen LogP contribution >= 0.6 is 0 Å². The molecule has 2 heterocycles. The summed E-state index contributed by atoms with van der Waals surface area (Å²) < 4.78 is 0. The van der Waals surface area contributed by atoms with Crippen LogP contribution in [0.2, 0.25) is 0 Å². The zero-order valence-corrected chi connectivity index (χ0v) is 11.7. The topological polar surface area (TPSA) is 3.24 Å². The van der Waals surface area contributed by atoms with Gasteiger partial charge < -0.3 is 0 Å². The maximum atomic E-state index is 2.66. The molecule has 20 heavy (non-hydrogen) atoms. The molecule has 0 saturated carbocycles. The van der Waals surface area contributed by atoms with E-state index in [2.05, 4.69) is 72.0 Å². The zero-order chi connectivity index (χ0) is 13.4. The van der Waals surface area contributed by atoms with Gasteiger partial charge in [0.2, 0.25) is 0 Å². The van der Waals surface area contributed by atoms with E-state index < -0.39 is 0 Å². The fraction of sp³-hybridized carbons (Fsp3) is 0.316. The molecule has 1 radical (unpaired) electrons. The van der Waals surface area contributed by atoms with Gasteiger partial charge in [-0.25, -0.2) is 0 Å². The number of nitrogens with zero attached hydrogens (tertiary/aromatic N) is 1. The number of hydrogen-bond acceptors (Lipinski definition) is 1. The van der Waals surface area contributed by atoms with E-state index in [1.54, 1.807) is 0 Å². The molecule has 0 spiro atoms. The van der Waals surface area contributed by atoms with Crippen LogP contribution < -0.4 is 0 Å². The van der Waals surface area contributed by atoms with Crippen molar-refractivity contribution in [1.82, 2.24) is 4.90 Å². The number of benzene rings is 2. The van der Waals surface area contributed by atoms with E-state index in [0.29, 0.717) is 12.0 Å². The lowest BCUT2D eigenvalue weighted by atomic mass is 9.81. The van der Waals surface area contributed by atoms with Crippen molar-refractivity contribution >= 4 is 0 Å². The molecule has 2 aliphatic rings. The van der Waals surface area contributed by atoms with Crippen LogP contribution in [0.4, 0.5) is 0 Å². The largest absolute Gasteiger partial charge is 0.299 e. The van der Waals surface area contributed by atoms with Crippen molar-refractivity contribution in [2.75, 3.05) is 13.1 Å². The molecule has 1 heteroatoms. The van der Waals surface area contributed by atoms with Crippen LogP contribution in [-0.4, -0.2) is 24.0 Å². The quantitative estimate of drug-likeness (QED) is 0.814. The number of fused-ring (bicyclic) bond motifs is 2. The Morgan fingerprint density at radius 3 is 1.90 bits per heavy atom. The van der Waals surface area contributed by atoms with Crippen LogP contribution in [0.5, 0.6) is 0 Å². The van der Waals surface area contributed by atoms with E-state index in [-0.39, 0.29) is 0 Å². The summed E-state index contributed by atoms with van der Waals surface area (Å²) in [5.74, 6) is 1.29. The van der Waals surface area contributed by atoms with Gasteiger partial charge in [0.15, 0.2) is 0 Å². The molecule has 0 aliphatic carbocycles. The predicted octanol–water partition coefficient (Wildman–Crippen LogP) is 3.73. The Bertz CT molecular complexity index is 523. The highest BCUT2D eigenvalue weighted by atomic mass is 15.2. The molecule has 3 atom stereocenters. The molecule has 2 aromatic carbocycles. The van der Waals surface area contributed by atoms with Crippen molar-refractivity contribution in [3.63, 3.8) is 0 Å². The first-order chi connectivity index (χ1) is 9.92. The summed E-state index contributed by atoms with van der Waals surface area (Å²) in [6.45, 7) is 2.53. The van der Waals surface area contributed by atoms with Crippen LogP contribution in [0, 0.1) is 12.3 Å². The summed E-state index contributed by atoms with van der Waals surface area (Å²) in [6.07, 6.45) is 3.95. The molecule has 2 aromatic rings. The lowest BCUT2D eigenvalue weighted by Gasteiger charge is -2.33. The average molecular weight is 262 g/mol. The Kier molecular flexibility index (Phi) is 3.08.